The van der Waals surface area contributed by atoms with E-state index in [9.17, 15) is 0 Å². The van der Waals surface area contributed by atoms with Crippen LogP contribution in [0.4, 0.5) is 5.69 Å². The third-order valence-electron chi connectivity index (χ3n) is 5.13. The first kappa shape index (κ1) is 14.4. The first-order valence-corrected chi connectivity index (χ1v) is 8.74. The number of nitrogens with zero attached hydrogens (tertiary/aromatic N) is 1. The molecule has 2 aliphatic rings. The summed E-state index contributed by atoms with van der Waals surface area (Å²) >= 11 is 3.68. The zero-order valence-corrected chi connectivity index (χ0v) is 13.9. The molecule has 3 atom stereocenters. The number of hydrogen-bond donors (Lipinski definition) is 1. The highest BCUT2D eigenvalue weighted by molar-refractivity contribution is 9.10. The van der Waals surface area contributed by atoms with E-state index in [1.807, 2.05) is 6.92 Å². The Hall–Kier alpha value is -0.540. The summed E-state index contributed by atoms with van der Waals surface area (Å²) < 4.78 is 1.15. The van der Waals surface area contributed by atoms with Crippen molar-refractivity contribution in [2.24, 2.45) is 17.6 Å². The van der Waals surface area contributed by atoms with Crippen molar-refractivity contribution in [3.63, 3.8) is 0 Å². The van der Waals surface area contributed by atoms with Crippen LogP contribution in [0.1, 0.15) is 50.6 Å². The highest BCUT2D eigenvalue weighted by atomic mass is 79.9. The molecule has 1 aliphatic heterocycles. The monoisotopic (exact) mass is 336 g/mol. The molecule has 0 bridgehead atoms. The molecule has 0 spiro atoms. The van der Waals surface area contributed by atoms with Crippen molar-refractivity contribution in [1.29, 1.82) is 0 Å². The molecule has 3 heteroatoms. The maximum absolute atomic E-state index is 5.99. The van der Waals surface area contributed by atoms with Crippen molar-refractivity contribution in [3.8, 4) is 0 Å². The zero-order chi connectivity index (χ0) is 14.1. The molecule has 1 aromatic rings. The summed E-state index contributed by atoms with van der Waals surface area (Å²) in [5.74, 6) is 1.91. The van der Waals surface area contributed by atoms with Crippen molar-refractivity contribution in [2.75, 3.05) is 18.0 Å². The molecule has 3 rings (SSSR count). The fraction of sp³-hybridized carbons (Fsp3) is 0.647. The van der Waals surface area contributed by atoms with Gasteiger partial charge < -0.3 is 10.6 Å². The number of benzene rings is 1. The normalized spacial score (nSPS) is 28.1. The minimum Gasteiger partial charge on any atom is -0.371 e. The molecule has 0 radical (unpaired) electrons. The summed E-state index contributed by atoms with van der Waals surface area (Å²) in [5.41, 5.74) is 8.53. The van der Waals surface area contributed by atoms with Crippen LogP contribution in [0.3, 0.4) is 0 Å². The second-order valence-corrected chi connectivity index (χ2v) is 7.39. The fourth-order valence-corrected chi connectivity index (χ4v) is 4.65. The van der Waals surface area contributed by atoms with E-state index < -0.39 is 0 Å². The lowest BCUT2D eigenvalue weighted by Gasteiger charge is -2.42. The van der Waals surface area contributed by atoms with Crippen molar-refractivity contribution in [1.82, 2.24) is 0 Å². The highest BCUT2D eigenvalue weighted by Crippen LogP contribution is 2.38. The molecule has 0 aromatic heterocycles. The van der Waals surface area contributed by atoms with Gasteiger partial charge in [0.2, 0.25) is 0 Å². The van der Waals surface area contributed by atoms with Crippen LogP contribution in [0.15, 0.2) is 22.7 Å². The van der Waals surface area contributed by atoms with Gasteiger partial charge in [0.1, 0.15) is 0 Å². The zero-order valence-electron chi connectivity index (χ0n) is 12.3. The van der Waals surface area contributed by atoms with Crippen molar-refractivity contribution < 1.29 is 0 Å². The Kier molecular flexibility index (Phi) is 4.37. The van der Waals surface area contributed by atoms with Crippen molar-refractivity contribution in [3.05, 3.63) is 28.2 Å². The Labute approximate surface area is 130 Å². The van der Waals surface area contributed by atoms with Gasteiger partial charge in [-0.2, -0.15) is 0 Å². The second-order valence-electron chi connectivity index (χ2n) is 6.53. The molecule has 1 aliphatic carbocycles. The third kappa shape index (κ3) is 2.89. The predicted molar refractivity (Wildman–Crippen MR) is 89.0 cm³/mol. The molecule has 2 N–H and O–H groups in total. The van der Waals surface area contributed by atoms with Crippen LogP contribution in [0.25, 0.3) is 0 Å². The Morgan fingerprint density at radius 1 is 1.20 bits per heavy atom. The largest absolute Gasteiger partial charge is 0.371 e. The lowest BCUT2D eigenvalue weighted by molar-refractivity contribution is 0.202. The standard InChI is InChI=1S/C17H25BrN2/c1-12(19)16-7-6-15(10-17(16)18)20-9-8-13-4-2-3-5-14(13)11-20/h6-7,10,12-14H,2-5,8-9,11,19H2,1H3/t12-,13?,14?/m0/s1. The minimum absolute atomic E-state index is 0.0857. The molecule has 1 saturated carbocycles. The summed E-state index contributed by atoms with van der Waals surface area (Å²) in [6.45, 7) is 4.49. The van der Waals surface area contributed by atoms with Crippen molar-refractivity contribution in [2.45, 2.75) is 45.1 Å². The maximum Gasteiger partial charge on any atom is 0.0377 e. The topological polar surface area (TPSA) is 29.3 Å². The second kappa shape index (κ2) is 6.07. The van der Waals surface area contributed by atoms with E-state index in [0.29, 0.717) is 0 Å². The van der Waals surface area contributed by atoms with Crippen LogP contribution in [0.5, 0.6) is 0 Å². The van der Waals surface area contributed by atoms with E-state index >= 15 is 0 Å². The first-order valence-electron chi connectivity index (χ1n) is 7.95. The van der Waals surface area contributed by atoms with Crippen LogP contribution in [-0.2, 0) is 0 Å². The highest BCUT2D eigenvalue weighted by Gasteiger charge is 2.31. The molecule has 2 fully saturated rings. The Bertz CT molecular complexity index is 472. The van der Waals surface area contributed by atoms with Gasteiger partial charge in [0.05, 0.1) is 0 Å². The number of piperidine rings is 1. The van der Waals surface area contributed by atoms with Crippen LogP contribution in [0, 0.1) is 11.8 Å². The molecule has 1 heterocycles. The summed E-state index contributed by atoms with van der Waals surface area (Å²) in [5, 5.41) is 0. The smallest absolute Gasteiger partial charge is 0.0377 e. The number of fused-ring (bicyclic) bond motifs is 1. The van der Waals surface area contributed by atoms with Crippen LogP contribution < -0.4 is 10.6 Å². The van der Waals surface area contributed by atoms with Gasteiger partial charge in [-0.25, -0.2) is 0 Å². The summed E-state index contributed by atoms with van der Waals surface area (Å²) in [6, 6.07) is 6.76. The Morgan fingerprint density at radius 2 is 1.95 bits per heavy atom. The third-order valence-corrected chi connectivity index (χ3v) is 5.82. The quantitative estimate of drug-likeness (QED) is 0.862. The molecule has 0 amide bonds. The molecule has 2 unspecified atom stereocenters. The van der Waals surface area contributed by atoms with Crippen LogP contribution in [0.2, 0.25) is 0 Å². The van der Waals surface area contributed by atoms with E-state index in [4.69, 9.17) is 5.73 Å². The lowest BCUT2D eigenvalue weighted by atomic mass is 9.75. The SMILES string of the molecule is C[C@H](N)c1ccc(N2CCC3CCCCC3C2)cc1Br. The van der Waals surface area contributed by atoms with E-state index in [1.165, 1.54) is 56.4 Å². The van der Waals surface area contributed by atoms with E-state index in [2.05, 4.69) is 39.0 Å². The van der Waals surface area contributed by atoms with Gasteiger partial charge in [-0.1, -0.05) is 41.3 Å². The number of rotatable bonds is 2. The predicted octanol–water partition coefficient (Wildman–Crippen LogP) is 4.49. The van der Waals surface area contributed by atoms with Gasteiger partial charge in [-0.3, -0.25) is 0 Å². The minimum atomic E-state index is 0.0857. The summed E-state index contributed by atoms with van der Waals surface area (Å²) in [4.78, 5) is 2.57. The molecular weight excluding hydrogens is 312 g/mol. The van der Waals surface area contributed by atoms with Gasteiger partial charge in [0, 0.05) is 29.3 Å². The lowest BCUT2D eigenvalue weighted by Crippen LogP contribution is -2.41. The van der Waals surface area contributed by atoms with Gasteiger partial charge in [-0.05, 0) is 49.3 Å². The number of anilines is 1. The van der Waals surface area contributed by atoms with E-state index in [0.717, 1.165) is 16.3 Å². The molecule has 2 nitrogen and oxygen atoms in total. The van der Waals surface area contributed by atoms with Gasteiger partial charge in [0.25, 0.3) is 0 Å². The van der Waals surface area contributed by atoms with E-state index in [-0.39, 0.29) is 6.04 Å². The van der Waals surface area contributed by atoms with Crippen molar-refractivity contribution >= 4 is 21.6 Å². The average Bonchev–Trinajstić information content (AvgIpc) is 2.46. The summed E-state index contributed by atoms with van der Waals surface area (Å²) in [7, 11) is 0. The molecule has 20 heavy (non-hydrogen) atoms. The van der Waals surface area contributed by atoms with Crippen LogP contribution >= 0.6 is 15.9 Å². The number of hydrogen-bond acceptors (Lipinski definition) is 2. The number of nitrogens with two attached hydrogens (primary N) is 1. The van der Waals surface area contributed by atoms with Crippen LogP contribution in [-0.4, -0.2) is 13.1 Å². The first-order chi connectivity index (χ1) is 9.65. The fourth-order valence-electron chi connectivity index (χ4n) is 3.92. The van der Waals surface area contributed by atoms with Gasteiger partial charge >= 0.3 is 0 Å². The Balaban J connectivity index is 1.75. The summed E-state index contributed by atoms with van der Waals surface area (Å²) in [6.07, 6.45) is 7.15. The average molecular weight is 337 g/mol. The van der Waals surface area contributed by atoms with Gasteiger partial charge in [0.15, 0.2) is 0 Å². The number of halogens is 1. The molecule has 110 valence electrons. The van der Waals surface area contributed by atoms with E-state index in [1.54, 1.807) is 0 Å². The maximum atomic E-state index is 5.99. The molecule has 1 saturated heterocycles. The Morgan fingerprint density at radius 3 is 2.65 bits per heavy atom. The molecule has 1 aromatic carbocycles. The van der Waals surface area contributed by atoms with Gasteiger partial charge in [-0.15, -0.1) is 0 Å². The molecular formula is C17H25BrN2.